The lowest BCUT2D eigenvalue weighted by Gasteiger charge is -2.35. The second-order valence-electron chi connectivity index (χ2n) is 4.28. The number of fused-ring (bicyclic) bond motifs is 1. The van der Waals surface area contributed by atoms with Crippen molar-refractivity contribution in [2.75, 3.05) is 24.5 Å². The van der Waals surface area contributed by atoms with Crippen LogP contribution in [-0.2, 0) is 4.79 Å². The standard InChI is InChI=1S/C12H14N4O2/c13-11(17)9-7-14-4-5-16(9)12-8-2-6-18-10(8)1-3-15-12/h1-3,6,9,14H,4-5,7H2,(H2,13,17). The summed E-state index contributed by atoms with van der Waals surface area (Å²) in [6.07, 6.45) is 3.30. The summed E-state index contributed by atoms with van der Waals surface area (Å²) in [6.45, 7) is 2.05. The van der Waals surface area contributed by atoms with Crippen molar-refractivity contribution in [3.8, 4) is 0 Å². The highest BCUT2D eigenvalue weighted by molar-refractivity contribution is 5.92. The molecular formula is C12H14N4O2. The van der Waals surface area contributed by atoms with Gasteiger partial charge in [-0.1, -0.05) is 0 Å². The van der Waals surface area contributed by atoms with Gasteiger partial charge in [-0.15, -0.1) is 0 Å². The first-order valence-electron chi connectivity index (χ1n) is 5.86. The first-order chi connectivity index (χ1) is 8.77. The fourth-order valence-corrected chi connectivity index (χ4v) is 2.32. The van der Waals surface area contributed by atoms with Crippen molar-refractivity contribution in [3.63, 3.8) is 0 Å². The van der Waals surface area contributed by atoms with E-state index >= 15 is 0 Å². The van der Waals surface area contributed by atoms with Gasteiger partial charge in [0.25, 0.3) is 0 Å². The Labute approximate surface area is 104 Å². The molecule has 1 unspecified atom stereocenters. The molecule has 3 heterocycles. The molecule has 1 aliphatic rings. The molecule has 0 saturated carbocycles. The number of nitrogens with one attached hydrogen (secondary N) is 1. The summed E-state index contributed by atoms with van der Waals surface area (Å²) in [5.41, 5.74) is 6.21. The molecule has 0 radical (unpaired) electrons. The number of anilines is 1. The van der Waals surface area contributed by atoms with E-state index in [9.17, 15) is 4.79 Å². The van der Waals surface area contributed by atoms with Crippen LogP contribution in [0.4, 0.5) is 5.82 Å². The summed E-state index contributed by atoms with van der Waals surface area (Å²) in [7, 11) is 0. The Morgan fingerprint density at radius 1 is 1.56 bits per heavy atom. The number of carbonyl (C=O) groups excluding carboxylic acids is 1. The number of hydrogen-bond donors (Lipinski definition) is 2. The third-order valence-electron chi connectivity index (χ3n) is 3.20. The molecule has 6 nitrogen and oxygen atoms in total. The number of amides is 1. The van der Waals surface area contributed by atoms with E-state index < -0.39 is 0 Å². The van der Waals surface area contributed by atoms with Crippen LogP contribution in [0, 0.1) is 0 Å². The fourth-order valence-electron chi connectivity index (χ4n) is 2.32. The average molecular weight is 246 g/mol. The van der Waals surface area contributed by atoms with Gasteiger partial charge in [-0.05, 0) is 12.1 Å². The van der Waals surface area contributed by atoms with Gasteiger partial charge in [0, 0.05) is 25.8 Å². The molecule has 1 aliphatic heterocycles. The smallest absolute Gasteiger partial charge is 0.241 e. The summed E-state index contributed by atoms with van der Waals surface area (Å²) in [5, 5.41) is 4.07. The number of hydrogen-bond acceptors (Lipinski definition) is 5. The lowest BCUT2D eigenvalue weighted by atomic mass is 10.1. The van der Waals surface area contributed by atoms with E-state index in [1.165, 1.54) is 0 Å². The van der Waals surface area contributed by atoms with Crippen molar-refractivity contribution in [1.82, 2.24) is 10.3 Å². The molecule has 1 saturated heterocycles. The Morgan fingerprint density at radius 2 is 2.44 bits per heavy atom. The van der Waals surface area contributed by atoms with Gasteiger partial charge in [0.1, 0.15) is 17.4 Å². The number of piperazine rings is 1. The maximum absolute atomic E-state index is 11.5. The molecule has 94 valence electrons. The van der Waals surface area contributed by atoms with Crippen molar-refractivity contribution in [1.29, 1.82) is 0 Å². The molecule has 0 aromatic carbocycles. The third-order valence-corrected chi connectivity index (χ3v) is 3.20. The summed E-state index contributed by atoms with van der Waals surface area (Å²) in [4.78, 5) is 17.8. The second-order valence-corrected chi connectivity index (χ2v) is 4.28. The van der Waals surface area contributed by atoms with Crippen LogP contribution < -0.4 is 16.0 Å². The molecule has 3 N–H and O–H groups in total. The number of nitrogens with two attached hydrogens (primary N) is 1. The summed E-state index contributed by atoms with van der Waals surface area (Å²) in [6, 6.07) is 3.30. The SMILES string of the molecule is NC(=O)C1CNCCN1c1nccc2occc12. The highest BCUT2D eigenvalue weighted by Crippen LogP contribution is 2.26. The van der Waals surface area contributed by atoms with Gasteiger partial charge in [-0.2, -0.15) is 0 Å². The largest absolute Gasteiger partial charge is 0.464 e. The Balaban J connectivity index is 2.06. The normalized spacial score (nSPS) is 20.2. The highest BCUT2D eigenvalue weighted by atomic mass is 16.3. The van der Waals surface area contributed by atoms with Crippen molar-refractivity contribution in [2.24, 2.45) is 5.73 Å². The topological polar surface area (TPSA) is 84.4 Å². The van der Waals surface area contributed by atoms with Crippen LogP contribution >= 0.6 is 0 Å². The van der Waals surface area contributed by atoms with E-state index in [-0.39, 0.29) is 11.9 Å². The highest BCUT2D eigenvalue weighted by Gasteiger charge is 2.29. The van der Waals surface area contributed by atoms with E-state index in [0.29, 0.717) is 13.1 Å². The predicted octanol–water partition coefficient (Wildman–Crippen LogP) is 0.0913. The Kier molecular flexibility index (Phi) is 2.64. The second kappa shape index (κ2) is 4.30. The zero-order valence-corrected chi connectivity index (χ0v) is 9.80. The van der Waals surface area contributed by atoms with Crippen LogP contribution in [0.5, 0.6) is 0 Å². The summed E-state index contributed by atoms with van der Waals surface area (Å²) < 4.78 is 5.35. The zero-order chi connectivity index (χ0) is 12.5. The maximum Gasteiger partial charge on any atom is 0.241 e. The lowest BCUT2D eigenvalue weighted by molar-refractivity contribution is -0.119. The minimum atomic E-state index is -0.369. The molecule has 1 amide bonds. The first kappa shape index (κ1) is 11.0. The van der Waals surface area contributed by atoms with Crippen molar-refractivity contribution in [2.45, 2.75) is 6.04 Å². The molecule has 0 spiro atoms. The van der Waals surface area contributed by atoms with Crippen molar-refractivity contribution in [3.05, 3.63) is 24.6 Å². The number of rotatable bonds is 2. The molecule has 2 aromatic rings. The van der Waals surface area contributed by atoms with E-state index in [0.717, 1.165) is 23.3 Å². The van der Waals surface area contributed by atoms with Crippen LogP contribution in [0.1, 0.15) is 0 Å². The number of pyridine rings is 1. The van der Waals surface area contributed by atoms with E-state index in [4.69, 9.17) is 10.2 Å². The van der Waals surface area contributed by atoms with Gasteiger partial charge in [0.2, 0.25) is 5.91 Å². The molecular weight excluding hydrogens is 232 g/mol. The number of carbonyl (C=O) groups is 1. The minimum Gasteiger partial charge on any atom is -0.464 e. The van der Waals surface area contributed by atoms with Gasteiger partial charge < -0.3 is 20.4 Å². The Bertz CT molecular complexity index is 580. The molecule has 1 fully saturated rings. The van der Waals surface area contributed by atoms with Crippen LogP contribution in [0.25, 0.3) is 11.0 Å². The van der Waals surface area contributed by atoms with Gasteiger partial charge >= 0.3 is 0 Å². The molecule has 6 heteroatoms. The van der Waals surface area contributed by atoms with Gasteiger partial charge in [-0.25, -0.2) is 4.98 Å². The van der Waals surface area contributed by atoms with Crippen LogP contribution in [0.3, 0.4) is 0 Å². The number of furan rings is 1. The predicted molar refractivity (Wildman–Crippen MR) is 67.2 cm³/mol. The van der Waals surface area contributed by atoms with Gasteiger partial charge in [-0.3, -0.25) is 4.79 Å². The Morgan fingerprint density at radius 3 is 3.28 bits per heavy atom. The van der Waals surface area contributed by atoms with E-state index in [2.05, 4.69) is 10.3 Å². The maximum atomic E-state index is 11.5. The van der Waals surface area contributed by atoms with E-state index in [1.807, 2.05) is 11.0 Å². The fraction of sp³-hybridized carbons (Fsp3) is 0.333. The summed E-state index contributed by atoms with van der Waals surface area (Å²) >= 11 is 0. The van der Waals surface area contributed by atoms with Gasteiger partial charge in [0.15, 0.2) is 0 Å². The quantitative estimate of drug-likeness (QED) is 0.784. The first-order valence-corrected chi connectivity index (χ1v) is 5.86. The van der Waals surface area contributed by atoms with Crippen molar-refractivity contribution >= 4 is 22.7 Å². The molecule has 18 heavy (non-hydrogen) atoms. The van der Waals surface area contributed by atoms with Crippen molar-refractivity contribution < 1.29 is 9.21 Å². The number of aromatic nitrogens is 1. The molecule has 2 aromatic heterocycles. The van der Waals surface area contributed by atoms with Crippen LogP contribution in [0.2, 0.25) is 0 Å². The van der Waals surface area contributed by atoms with E-state index in [1.54, 1.807) is 18.5 Å². The Hall–Kier alpha value is -2.08. The molecule has 3 rings (SSSR count). The minimum absolute atomic E-state index is 0.343. The van der Waals surface area contributed by atoms with Gasteiger partial charge in [0.05, 0.1) is 11.6 Å². The molecule has 0 bridgehead atoms. The average Bonchev–Trinajstić information content (AvgIpc) is 2.86. The number of primary amides is 1. The monoisotopic (exact) mass is 246 g/mol. The van der Waals surface area contributed by atoms with Crippen LogP contribution in [-0.4, -0.2) is 36.6 Å². The summed E-state index contributed by atoms with van der Waals surface area (Å²) in [5.74, 6) is 0.413. The van der Waals surface area contributed by atoms with Crippen LogP contribution in [0.15, 0.2) is 29.0 Å². The zero-order valence-electron chi connectivity index (χ0n) is 9.80. The third kappa shape index (κ3) is 1.70. The molecule has 0 aliphatic carbocycles. The molecule has 1 atom stereocenters. The number of nitrogens with zero attached hydrogens (tertiary/aromatic N) is 2. The lowest BCUT2D eigenvalue weighted by Crippen LogP contribution is -2.57.